The fraction of sp³-hybridized carbons (Fsp3) is 0.562. The smallest absolute Gasteiger partial charge is 0.302 e. The van der Waals surface area contributed by atoms with Crippen molar-refractivity contribution in [2.24, 2.45) is 4.99 Å². The van der Waals surface area contributed by atoms with Crippen LogP contribution in [0.25, 0.3) is 0 Å². The number of aromatic nitrogens is 2. The van der Waals surface area contributed by atoms with Gasteiger partial charge in [-0.3, -0.25) is 19.7 Å². The van der Waals surface area contributed by atoms with Gasteiger partial charge < -0.3 is 4.74 Å². The first-order chi connectivity index (χ1) is 11.5. The maximum atomic E-state index is 12.0. The number of aliphatic imine (C=N–C) groups is 1. The lowest BCUT2D eigenvalue weighted by molar-refractivity contribution is -0.141. The van der Waals surface area contributed by atoms with E-state index in [-0.39, 0.29) is 36.8 Å². The highest BCUT2D eigenvalue weighted by molar-refractivity contribution is 6.02. The molecule has 0 bridgehead atoms. The van der Waals surface area contributed by atoms with Crippen LogP contribution in [-0.4, -0.2) is 40.1 Å². The molecule has 0 saturated carbocycles. The third kappa shape index (κ3) is 8.21. The molecule has 2 amide bonds. The average molecular weight is 336 g/mol. The molecule has 0 saturated heterocycles. The zero-order valence-corrected chi connectivity index (χ0v) is 14.2. The van der Waals surface area contributed by atoms with Crippen LogP contribution in [0.1, 0.15) is 52.4 Å². The van der Waals surface area contributed by atoms with Crippen molar-refractivity contribution in [2.45, 2.75) is 52.4 Å². The van der Waals surface area contributed by atoms with Crippen LogP contribution in [0.4, 0.5) is 0 Å². The number of carbonyl (C=O) groups is 3. The summed E-state index contributed by atoms with van der Waals surface area (Å²) in [5.41, 5.74) is 0. The zero-order chi connectivity index (χ0) is 17.8. The Hall–Kier alpha value is -2.51. The van der Waals surface area contributed by atoms with Crippen LogP contribution in [0, 0.1) is 0 Å². The number of esters is 1. The molecule has 0 radical (unpaired) electrons. The summed E-state index contributed by atoms with van der Waals surface area (Å²) < 4.78 is 6.10. The number of unbranched alkanes of at least 4 members (excludes halogenated alkanes) is 2. The summed E-state index contributed by atoms with van der Waals surface area (Å²) in [5, 5.41) is 6.57. The molecule has 0 aliphatic rings. The Morgan fingerprint density at radius 2 is 2.00 bits per heavy atom. The fourth-order valence-electron chi connectivity index (χ4n) is 1.87. The summed E-state index contributed by atoms with van der Waals surface area (Å²) in [5.74, 6) is -0.919. The molecule has 132 valence electrons. The normalized spacial score (nSPS) is 11.2. The number of carbonyl (C=O) groups excluding carboxylic acids is 3. The maximum absolute atomic E-state index is 12.0. The molecule has 0 aromatic carbocycles. The predicted molar refractivity (Wildman–Crippen MR) is 88.2 cm³/mol. The van der Waals surface area contributed by atoms with E-state index in [1.807, 2.05) is 0 Å². The van der Waals surface area contributed by atoms with Crippen LogP contribution in [0.5, 0.6) is 0 Å². The lowest BCUT2D eigenvalue weighted by Crippen LogP contribution is -2.36. The minimum Gasteiger partial charge on any atom is -0.466 e. The van der Waals surface area contributed by atoms with Crippen LogP contribution in [-0.2, 0) is 19.1 Å². The number of hydrogen-bond donors (Lipinski definition) is 1. The Kier molecular flexibility index (Phi) is 9.03. The first-order valence-corrected chi connectivity index (χ1v) is 8.07. The summed E-state index contributed by atoms with van der Waals surface area (Å²) in [4.78, 5) is 38.5. The Morgan fingerprint density at radius 3 is 2.62 bits per heavy atom. The van der Waals surface area contributed by atoms with Crippen molar-refractivity contribution in [3.63, 3.8) is 0 Å². The number of hydrogen-bond acceptors (Lipinski definition) is 5. The molecule has 0 spiro atoms. The van der Waals surface area contributed by atoms with Gasteiger partial charge in [-0.15, -0.1) is 0 Å². The van der Waals surface area contributed by atoms with Gasteiger partial charge in [0.2, 0.25) is 17.8 Å². The minimum atomic E-state index is -0.383. The van der Waals surface area contributed by atoms with Gasteiger partial charge in [-0.2, -0.15) is 10.1 Å². The van der Waals surface area contributed by atoms with E-state index >= 15 is 0 Å². The van der Waals surface area contributed by atoms with E-state index in [1.54, 1.807) is 12.3 Å². The van der Waals surface area contributed by atoms with Gasteiger partial charge in [-0.25, -0.2) is 4.68 Å². The van der Waals surface area contributed by atoms with Crippen LogP contribution in [0.3, 0.4) is 0 Å². The molecule has 1 rings (SSSR count). The third-order valence-electron chi connectivity index (χ3n) is 3.05. The van der Waals surface area contributed by atoms with E-state index in [0.29, 0.717) is 12.8 Å². The lowest BCUT2D eigenvalue weighted by atomic mass is 10.2. The van der Waals surface area contributed by atoms with E-state index in [1.165, 1.54) is 17.8 Å². The molecular formula is C16H24N4O4. The molecule has 1 N–H and O–H groups in total. The highest BCUT2D eigenvalue weighted by Crippen LogP contribution is 2.01. The zero-order valence-electron chi connectivity index (χ0n) is 14.2. The number of amides is 2. The summed E-state index contributed by atoms with van der Waals surface area (Å²) in [7, 11) is 0. The molecular weight excluding hydrogens is 312 g/mol. The largest absolute Gasteiger partial charge is 0.466 e. The van der Waals surface area contributed by atoms with Crippen molar-refractivity contribution in [2.75, 3.05) is 6.61 Å². The van der Waals surface area contributed by atoms with Crippen molar-refractivity contribution in [1.29, 1.82) is 0 Å². The lowest BCUT2D eigenvalue weighted by Gasteiger charge is -2.08. The molecule has 8 nitrogen and oxygen atoms in total. The SMILES string of the molecule is CCCCCC(=O)N=C(NC(=O)CCCOC(C)=O)n1cccn1. The number of ether oxygens (including phenoxy) is 1. The fourth-order valence-corrected chi connectivity index (χ4v) is 1.87. The first-order valence-electron chi connectivity index (χ1n) is 8.07. The molecule has 0 aliphatic heterocycles. The third-order valence-corrected chi connectivity index (χ3v) is 3.05. The van der Waals surface area contributed by atoms with Gasteiger partial charge in [0, 0.05) is 32.2 Å². The van der Waals surface area contributed by atoms with Gasteiger partial charge in [0.1, 0.15) is 0 Å². The van der Waals surface area contributed by atoms with E-state index in [9.17, 15) is 14.4 Å². The standard InChI is InChI=1S/C16H24N4O4/c1-3-4-5-8-14(22)18-16(20-11-7-10-17-20)19-15(23)9-6-12-24-13(2)21/h7,10-11H,3-6,8-9,12H2,1-2H3,(H,18,19,22,23). The molecule has 0 unspecified atom stereocenters. The molecule has 1 heterocycles. The van der Waals surface area contributed by atoms with Gasteiger partial charge in [0.05, 0.1) is 6.61 Å². The number of rotatable bonds is 8. The first kappa shape index (κ1) is 19.5. The maximum Gasteiger partial charge on any atom is 0.302 e. The Labute approximate surface area is 141 Å². The van der Waals surface area contributed by atoms with E-state index < -0.39 is 0 Å². The van der Waals surface area contributed by atoms with Crippen molar-refractivity contribution < 1.29 is 19.1 Å². The Morgan fingerprint density at radius 1 is 1.21 bits per heavy atom. The molecule has 0 aliphatic carbocycles. The van der Waals surface area contributed by atoms with Crippen LogP contribution in [0.2, 0.25) is 0 Å². The van der Waals surface area contributed by atoms with Gasteiger partial charge in [-0.05, 0) is 18.9 Å². The van der Waals surface area contributed by atoms with Crippen molar-refractivity contribution >= 4 is 23.7 Å². The summed E-state index contributed by atoms with van der Waals surface area (Å²) in [6.07, 6.45) is 6.74. The summed E-state index contributed by atoms with van der Waals surface area (Å²) in [6, 6.07) is 1.67. The quantitative estimate of drug-likeness (QED) is 0.336. The second kappa shape index (κ2) is 11.1. The van der Waals surface area contributed by atoms with E-state index in [4.69, 9.17) is 4.74 Å². The van der Waals surface area contributed by atoms with E-state index in [0.717, 1.165) is 19.3 Å². The van der Waals surface area contributed by atoms with Crippen LogP contribution in [0.15, 0.2) is 23.5 Å². The second-order valence-corrected chi connectivity index (χ2v) is 5.23. The molecule has 1 aromatic rings. The average Bonchev–Trinajstić information content (AvgIpc) is 3.05. The van der Waals surface area contributed by atoms with Crippen molar-refractivity contribution in [3.05, 3.63) is 18.5 Å². The molecule has 8 heteroatoms. The van der Waals surface area contributed by atoms with Gasteiger partial charge in [0.15, 0.2) is 0 Å². The predicted octanol–water partition coefficient (Wildman–Crippen LogP) is 1.65. The molecule has 0 fully saturated rings. The molecule has 24 heavy (non-hydrogen) atoms. The highest BCUT2D eigenvalue weighted by atomic mass is 16.5. The van der Waals surface area contributed by atoms with Gasteiger partial charge >= 0.3 is 5.97 Å². The number of nitrogens with zero attached hydrogens (tertiary/aromatic N) is 3. The Balaban J connectivity index is 2.58. The number of nitrogens with one attached hydrogen (secondary N) is 1. The van der Waals surface area contributed by atoms with Crippen LogP contribution < -0.4 is 5.32 Å². The monoisotopic (exact) mass is 336 g/mol. The van der Waals surface area contributed by atoms with Crippen molar-refractivity contribution in [1.82, 2.24) is 15.1 Å². The molecule has 1 aromatic heterocycles. The van der Waals surface area contributed by atoms with Crippen molar-refractivity contribution in [3.8, 4) is 0 Å². The van der Waals surface area contributed by atoms with E-state index in [2.05, 4.69) is 22.3 Å². The Bertz CT molecular complexity index is 567. The van der Waals surface area contributed by atoms with Gasteiger partial charge in [0.25, 0.3) is 0 Å². The topological polar surface area (TPSA) is 103 Å². The molecule has 0 atom stereocenters. The summed E-state index contributed by atoms with van der Waals surface area (Å²) >= 11 is 0. The second-order valence-electron chi connectivity index (χ2n) is 5.23. The highest BCUT2D eigenvalue weighted by Gasteiger charge is 2.11. The minimum absolute atomic E-state index is 0.0824. The van der Waals surface area contributed by atoms with Crippen LogP contribution >= 0.6 is 0 Å². The van der Waals surface area contributed by atoms with Gasteiger partial charge in [-0.1, -0.05) is 19.8 Å². The summed E-state index contributed by atoms with van der Waals surface area (Å²) in [6.45, 7) is 3.54.